The van der Waals surface area contributed by atoms with Crippen LogP contribution in [0, 0.1) is 5.92 Å². The van der Waals surface area contributed by atoms with Gasteiger partial charge in [0.2, 0.25) is 5.91 Å². The van der Waals surface area contributed by atoms with E-state index in [-0.39, 0.29) is 37.3 Å². The first kappa shape index (κ1) is 37.7. The molecule has 0 bridgehead atoms. The summed E-state index contributed by atoms with van der Waals surface area (Å²) in [6.07, 6.45) is 6.60. The van der Waals surface area contributed by atoms with Gasteiger partial charge < -0.3 is 35.2 Å². The second kappa shape index (κ2) is 18.7. The van der Waals surface area contributed by atoms with E-state index in [2.05, 4.69) is 48.7 Å². The zero-order valence-corrected chi connectivity index (χ0v) is 29.8. The summed E-state index contributed by atoms with van der Waals surface area (Å²) in [5.74, 6) is -0.105. The smallest absolute Gasteiger partial charge is 0.407 e. The van der Waals surface area contributed by atoms with Crippen LogP contribution in [0.25, 0.3) is 0 Å². The lowest BCUT2D eigenvalue weighted by molar-refractivity contribution is -0.124. The first-order valence-corrected chi connectivity index (χ1v) is 17.6. The van der Waals surface area contributed by atoms with Gasteiger partial charge in [0, 0.05) is 25.1 Å². The average Bonchev–Trinajstić information content (AvgIpc) is 3.94. The van der Waals surface area contributed by atoms with Gasteiger partial charge in [0.15, 0.2) is 12.4 Å². The number of carbonyl (C=O) groups is 3. The van der Waals surface area contributed by atoms with E-state index in [4.69, 9.17) is 9.26 Å². The number of ether oxygens (including phenoxy) is 1. The summed E-state index contributed by atoms with van der Waals surface area (Å²) < 4.78 is 10.3. The molecule has 4 amide bonds. The Morgan fingerprint density at radius 2 is 1.69 bits per heavy atom. The number of hydrogen-bond acceptors (Lipinski definition) is 9. The first-order chi connectivity index (χ1) is 25.2. The van der Waals surface area contributed by atoms with Crippen molar-refractivity contribution in [1.29, 1.82) is 0 Å². The summed E-state index contributed by atoms with van der Waals surface area (Å²) in [6, 6.07) is 18.1. The summed E-state index contributed by atoms with van der Waals surface area (Å²) in [5.41, 5.74) is 3.34. The number of hydrogen-bond donors (Lipinski definition) is 5. The number of aromatic nitrogens is 4. The van der Waals surface area contributed by atoms with E-state index in [1.807, 2.05) is 74.5 Å². The van der Waals surface area contributed by atoms with Crippen molar-refractivity contribution < 1.29 is 28.8 Å². The molecule has 14 nitrogen and oxygen atoms in total. The number of aliphatic hydroxyl groups excluding tert-OH is 1. The SMILES string of the molecule is CC(C)[C@H](NC(=O)N(C)Cc1n[nH]nc1C1C=CCC1)C(=O)N[C@@H](Cc1ccccc1)C[C@H](O)[C@H](Cc1ccccc1)NC(=O)OCc1ccno1. The second-order valence-electron chi connectivity index (χ2n) is 13.5. The van der Waals surface area contributed by atoms with Crippen molar-refractivity contribution in [2.45, 2.75) is 89.3 Å². The van der Waals surface area contributed by atoms with Crippen LogP contribution in [0.2, 0.25) is 0 Å². The molecule has 0 aliphatic heterocycles. The number of rotatable bonds is 17. The van der Waals surface area contributed by atoms with Gasteiger partial charge in [0.1, 0.15) is 11.7 Å². The van der Waals surface area contributed by atoms with Gasteiger partial charge in [-0.05, 0) is 49.1 Å². The minimum absolute atomic E-state index is 0.101. The van der Waals surface area contributed by atoms with Crippen molar-refractivity contribution in [2.75, 3.05) is 7.05 Å². The molecule has 2 aromatic heterocycles. The molecule has 0 radical (unpaired) electrons. The highest BCUT2D eigenvalue weighted by atomic mass is 16.6. The number of benzene rings is 2. The topological polar surface area (TPSA) is 188 Å². The summed E-state index contributed by atoms with van der Waals surface area (Å²) in [7, 11) is 1.65. The number of allylic oxidation sites excluding steroid dienone is 2. The number of aliphatic hydroxyl groups is 1. The molecule has 5 rings (SSSR count). The van der Waals surface area contributed by atoms with Gasteiger partial charge in [0.25, 0.3) is 0 Å². The zero-order valence-electron chi connectivity index (χ0n) is 29.8. The normalized spacial score (nSPS) is 16.1. The van der Waals surface area contributed by atoms with Gasteiger partial charge >= 0.3 is 12.1 Å². The van der Waals surface area contributed by atoms with E-state index >= 15 is 0 Å². The lowest BCUT2D eigenvalue weighted by atomic mass is 9.93. The maximum Gasteiger partial charge on any atom is 0.407 e. The lowest BCUT2D eigenvalue weighted by Gasteiger charge is -2.30. The van der Waals surface area contributed by atoms with Gasteiger partial charge in [-0.3, -0.25) is 4.79 Å². The van der Waals surface area contributed by atoms with Crippen LogP contribution in [-0.4, -0.2) is 79.9 Å². The summed E-state index contributed by atoms with van der Waals surface area (Å²) >= 11 is 0. The first-order valence-electron chi connectivity index (χ1n) is 17.6. The van der Waals surface area contributed by atoms with Gasteiger partial charge in [0.05, 0.1) is 30.6 Å². The highest BCUT2D eigenvalue weighted by molar-refractivity contribution is 5.87. The van der Waals surface area contributed by atoms with Gasteiger partial charge in [-0.25, -0.2) is 9.59 Å². The highest BCUT2D eigenvalue weighted by Crippen LogP contribution is 2.28. The third kappa shape index (κ3) is 11.0. The predicted octanol–water partition coefficient (Wildman–Crippen LogP) is 4.41. The van der Waals surface area contributed by atoms with Gasteiger partial charge in [-0.1, -0.05) is 91.8 Å². The molecule has 2 aromatic carbocycles. The molecule has 5 atom stereocenters. The van der Waals surface area contributed by atoms with Crippen LogP contribution in [0.15, 0.2) is 89.6 Å². The van der Waals surface area contributed by atoms with Crippen LogP contribution >= 0.6 is 0 Å². The van der Waals surface area contributed by atoms with E-state index < -0.39 is 36.4 Å². The van der Waals surface area contributed by atoms with E-state index in [1.165, 1.54) is 11.1 Å². The van der Waals surface area contributed by atoms with Crippen molar-refractivity contribution in [3.05, 3.63) is 113 Å². The molecule has 4 aromatic rings. The Labute approximate surface area is 303 Å². The fourth-order valence-corrected chi connectivity index (χ4v) is 6.25. The number of urea groups is 1. The molecule has 0 fully saturated rings. The van der Waals surface area contributed by atoms with Crippen LogP contribution in [0.1, 0.15) is 67.3 Å². The number of nitrogens with zero attached hydrogens (tertiary/aromatic N) is 4. The third-order valence-electron chi connectivity index (χ3n) is 9.08. The predicted molar refractivity (Wildman–Crippen MR) is 193 cm³/mol. The summed E-state index contributed by atoms with van der Waals surface area (Å²) in [4.78, 5) is 41.7. The summed E-state index contributed by atoms with van der Waals surface area (Å²) in [6.45, 7) is 3.81. The highest BCUT2D eigenvalue weighted by Gasteiger charge is 2.31. The molecule has 1 aliphatic carbocycles. The van der Waals surface area contributed by atoms with Crippen molar-refractivity contribution in [3.8, 4) is 0 Å². The molecule has 2 heterocycles. The van der Waals surface area contributed by atoms with Crippen LogP contribution < -0.4 is 16.0 Å². The number of nitrogens with one attached hydrogen (secondary N) is 4. The van der Waals surface area contributed by atoms with Crippen LogP contribution in [0.5, 0.6) is 0 Å². The van der Waals surface area contributed by atoms with Gasteiger partial charge in [-0.2, -0.15) is 15.4 Å². The minimum Gasteiger partial charge on any atom is -0.441 e. The molecule has 0 saturated carbocycles. The molecular formula is C38H48N8O6. The zero-order chi connectivity index (χ0) is 36.9. The van der Waals surface area contributed by atoms with Crippen LogP contribution in [0.3, 0.4) is 0 Å². The third-order valence-corrected chi connectivity index (χ3v) is 9.08. The van der Waals surface area contributed by atoms with Gasteiger partial charge in [-0.15, -0.1) is 0 Å². The van der Waals surface area contributed by atoms with Crippen molar-refractivity contribution in [3.63, 3.8) is 0 Å². The molecule has 1 unspecified atom stereocenters. The Hall–Kier alpha value is -5.50. The van der Waals surface area contributed by atoms with Crippen LogP contribution in [0.4, 0.5) is 9.59 Å². The Kier molecular flexibility index (Phi) is 13.5. The standard InChI is InChI=1S/C38H48N8O6/c1-25(2)34(42-37(49)46(3)23-32-35(44-45-43-32)28-16-10-11-17-28)36(48)40-29(20-26-12-6-4-7-13-26)22-33(47)31(21-27-14-8-5-9-15-27)41-38(50)51-24-30-18-19-39-52-30/h4-10,12-16,18-19,25,28-29,31,33-34,47H,11,17,20-24H2,1-3H3,(H,40,48)(H,41,50)(H,42,49)(H,43,44,45)/t28?,29-,31-,33-,34-/m0/s1. The van der Waals surface area contributed by atoms with E-state index in [0.717, 1.165) is 29.7 Å². The molecule has 1 aliphatic rings. The molecule has 5 N–H and O–H groups in total. The molecule has 276 valence electrons. The number of aromatic amines is 1. The number of carbonyl (C=O) groups excluding carboxylic acids is 3. The summed E-state index contributed by atoms with van der Waals surface area (Å²) in [5, 5.41) is 35.4. The largest absolute Gasteiger partial charge is 0.441 e. The number of alkyl carbamates (subject to hydrolysis) is 1. The fraction of sp³-hybridized carbons (Fsp3) is 0.421. The molecular weight excluding hydrogens is 664 g/mol. The lowest BCUT2D eigenvalue weighted by Crippen LogP contribution is -2.55. The maximum absolute atomic E-state index is 13.9. The van der Waals surface area contributed by atoms with Crippen molar-refractivity contribution >= 4 is 18.0 Å². The molecule has 14 heteroatoms. The number of amides is 4. The molecule has 0 spiro atoms. The Morgan fingerprint density at radius 1 is 0.981 bits per heavy atom. The van der Waals surface area contributed by atoms with E-state index in [1.54, 1.807) is 13.1 Å². The monoisotopic (exact) mass is 712 g/mol. The maximum atomic E-state index is 13.9. The van der Waals surface area contributed by atoms with Crippen molar-refractivity contribution in [1.82, 2.24) is 41.4 Å². The van der Waals surface area contributed by atoms with E-state index in [9.17, 15) is 19.5 Å². The van der Waals surface area contributed by atoms with E-state index in [0.29, 0.717) is 24.3 Å². The minimum atomic E-state index is -1.09. The Bertz CT molecular complexity index is 1730. The molecule has 52 heavy (non-hydrogen) atoms. The van der Waals surface area contributed by atoms with Crippen molar-refractivity contribution in [2.24, 2.45) is 5.92 Å². The average molecular weight is 713 g/mol. The Morgan fingerprint density at radius 3 is 2.33 bits per heavy atom. The van der Waals surface area contributed by atoms with Crippen LogP contribution in [-0.2, 0) is 35.5 Å². The molecule has 0 saturated heterocycles. The number of H-pyrrole nitrogens is 1. The Balaban J connectivity index is 1.27. The second-order valence-corrected chi connectivity index (χ2v) is 13.5. The quantitative estimate of drug-likeness (QED) is 0.0989. The fourth-order valence-electron chi connectivity index (χ4n) is 6.25.